The number of halogens is 3. The summed E-state index contributed by atoms with van der Waals surface area (Å²) in [6.07, 6.45) is 3.47. The number of hydrogen-bond acceptors (Lipinski definition) is 7. The van der Waals surface area contributed by atoms with Crippen LogP contribution in [-0.2, 0) is 5.60 Å². The fourth-order valence-electron chi connectivity index (χ4n) is 5.73. The number of alkyl halides is 2. The number of fused-ring (bicyclic) bond motifs is 3. The molecular formula is C28H27F3N4O4. The summed E-state index contributed by atoms with van der Waals surface area (Å²) in [5.74, 6) is -0.996. The van der Waals surface area contributed by atoms with Crippen molar-refractivity contribution in [3.05, 3.63) is 77.4 Å². The Balaban J connectivity index is 1.43. The predicted molar refractivity (Wildman–Crippen MR) is 134 cm³/mol. The van der Waals surface area contributed by atoms with Gasteiger partial charge in [-0.2, -0.15) is 8.78 Å². The first-order valence-corrected chi connectivity index (χ1v) is 12.8. The van der Waals surface area contributed by atoms with E-state index >= 15 is 4.39 Å². The maximum absolute atomic E-state index is 15.4. The number of rotatable bonds is 5. The van der Waals surface area contributed by atoms with E-state index in [1.165, 1.54) is 30.6 Å². The molecule has 1 fully saturated rings. The summed E-state index contributed by atoms with van der Waals surface area (Å²) in [5.41, 5.74) is -0.259. The van der Waals surface area contributed by atoms with Crippen LogP contribution in [0, 0.1) is 5.82 Å². The van der Waals surface area contributed by atoms with Crippen LogP contribution in [0.3, 0.4) is 0 Å². The molecule has 39 heavy (non-hydrogen) atoms. The van der Waals surface area contributed by atoms with Crippen LogP contribution in [0.15, 0.2) is 48.8 Å². The predicted octanol–water partition coefficient (Wildman–Crippen LogP) is 4.61. The molecule has 0 spiro atoms. The Kier molecular flexibility index (Phi) is 6.12. The molecule has 6 rings (SSSR count). The molecule has 11 heteroatoms. The highest BCUT2D eigenvalue weighted by Crippen LogP contribution is 2.47. The summed E-state index contributed by atoms with van der Waals surface area (Å²) in [6, 6.07) is 9.15. The van der Waals surface area contributed by atoms with Crippen LogP contribution < -0.4 is 4.74 Å². The Bertz CT molecular complexity index is 1550. The van der Waals surface area contributed by atoms with Crippen LogP contribution in [0.2, 0.25) is 0 Å². The Morgan fingerprint density at radius 3 is 2.56 bits per heavy atom. The van der Waals surface area contributed by atoms with E-state index in [1.807, 2.05) is 0 Å². The molecule has 2 aliphatic rings. The van der Waals surface area contributed by atoms with Crippen LogP contribution in [0.4, 0.5) is 13.2 Å². The van der Waals surface area contributed by atoms with Crippen LogP contribution in [0.5, 0.6) is 5.75 Å². The second-order valence-electron chi connectivity index (χ2n) is 10.7. The van der Waals surface area contributed by atoms with E-state index < -0.39 is 35.7 Å². The van der Waals surface area contributed by atoms with Gasteiger partial charge < -0.3 is 24.5 Å². The topological polar surface area (TPSA) is 113 Å². The van der Waals surface area contributed by atoms with Gasteiger partial charge in [0.15, 0.2) is 5.82 Å². The third-order valence-corrected chi connectivity index (χ3v) is 7.89. The molecule has 2 atom stereocenters. The maximum atomic E-state index is 15.4. The van der Waals surface area contributed by atoms with Crippen molar-refractivity contribution in [2.24, 2.45) is 0 Å². The zero-order chi connectivity index (χ0) is 27.5. The highest BCUT2D eigenvalue weighted by Gasteiger charge is 2.41. The lowest BCUT2D eigenvalue weighted by molar-refractivity contribution is -0.0802. The van der Waals surface area contributed by atoms with Crippen molar-refractivity contribution >= 4 is 5.65 Å². The number of pyridine rings is 1. The minimum Gasteiger partial charge on any atom is -0.435 e. The Morgan fingerprint density at radius 1 is 1.08 bits per heavy atom. The lowest BCUT2D eigenvalue weighted by Gasteiger charge is -2.38. The number of para-hydroxylation sites is 1. The molecule has 0 bridgehead atoms. The van der Waals surface area contributed by atoms with Crippen molar-refractivity contribution in [2.45, 2.75) is 68.9 Å². The van der Waals surface area contributed by atoms with Gasteiger partial charge >= 0.3 is 6.61 Å². The summed E-state index contributed by atoms with van der Waals surface area (Å²) in [7, 11) is 0. The monoisotopic (exact) mass is 540 g/mol. The van der Waals surface area contributed by atoms with Crippen molar-refractivity contribution in [3.63, 3.8) is 0 Å². The number of hydrogen-bond donors (Lipinski definition) is 3. The van der Waals surface area contributed by atoms with Gasteiger partial charge in [-0.25, -0.2) is 19.3 Å². The first-order valence-electron chi connectivity index (χ1n) is 12.8. The van der Waals surface area contributed by atoms with Gasteiger partial charge in [-0.1, -0.05) is 18.2 Å². The molecule has 1 aromatic carbocycles. The smallest absolute Gasteiger partial charge is 0.387 e. The van der Waals surface area contributed by atoms with Gasteiger partial charge in [-0.15, -0.1) is 0 Å². The van der Waals surface area contributed by atoms with Gasteiger partial charge in [0, 0.05) is 29.9 Å². The lowest BCUT2D eigenvalue weighted by Crippen LogP contribution is -2.40. The summed E-state index contributed by atoms with van der Waals surface area (Å²) in [6.45, 7) is -1.29. The van der Waals surface area contributed by atoms with Gasteiger partial charge in [-0.3, -0.25) is 0 Å². The maximum Gasteiger partial charge on any atom is 0.387 e. The molecule has 3 aromatic heterocycles. The van der Waals surface area contributed by atoms with Gasteiger partial charge in [0.25, 0.3) is 0 Å². The van der Waals surface area contributed by atoms with Crippen molar-refractivity contribution in [1.29, 1.82) is 0 Å². The average Bonchev–Trinajstić information content (AvgIpc) is 3.42. The highest BCUT2D eigenvalue weighted by atomic mass is 19.3. The SMILES string of the molecule is C[C@]1(O)CC[C@](O)(c2nccc(-c3cn4c5c(nc4cc3F)[C@H](O)C[C@@H]5c3ccccc3OC(F)F)n2)CC1. The van der Waals surface area contributed by atoms with E-state index in [9.17, 15) is 24.1 Å². The zero-order valence-electron chi connectivity index (χ0n) is 21.1. The van der Waals surface area contributed by atoms with Crippen molar-refractivity contribution in [2.75, 3.05) is 0 Å². The van der Waals surface area contributed by atoms with Crippen LogP contribution >= 0.6 is 0 Å². The molecule has 3 heterocycles. The van der Waals surface area contributed by atoms with E-state index in [-0.39, 0.29) is 47.7 Å². The van der Waals surface area contributed by atoms with Crippen molar-refractivity contribution < 1.29 is 33.2 Å². The molecule has 0 unspecified atom stereocenters. The molecule has 0 aliphatic heterocycles. The Morgan fingerprint density at radius 2 is 1.82 bits per heavy atom. The number of aliphatic hydroxyl groups excluding tert-OH is 1. The van der Waals surface area contributed by atoms with Gasteiger partial charge in [0.05, 0.1) is 34.4 Å². The summed E-state index contributed by atoms with van der Waals surface area (Å²) in [5, 5.41) is 32.3. The first kappa shape index (κ1) is 25.7. The van der Waals surface area contributed by atoms with Crippen molar-refractivity contribution in [1.82, 2.24) is 19.4 Å². The summed E-state index contributed by atoms with van der Waals surface area (Å²) < 4.78 is 48.0. The van der Waals surface area contributed by atoms with Gasteiger partial charge in [0.2, 0.25) is 0 Å². The number of benzene rings is 1. The molecule has 0 radical (unpaired) electrons. The molecule has 3 N–H and O–H groups in total. The standard InChI is InChI=1S/C28H27F3N4O4/c1-27(37)7-9-28(38,10-8-27)25-32-11-6-19(33-25)17-14-35-22(13-18(17)29)34-23-20(36)12-16(24(23)35)15-4-2-3-5-21(15)39-26(30)31/h2-6,11,13-14,16,20,26,36-38H,7-10,12H2,1H3/t16-,20-,27-,28+/m1/s1. The third kappa shape index (κ3) is 4.54. The fraction of sp³-hybridized carbons (Fsp3) is 0.393. The van der Waals surface area contributed by atoms with E-state index in [1.54, 1.807) is 29.5 Å². The van der Waals surface area contributed by atoms with Gasteiger partial charge in [0.1, 0.15) is 22.8 Å². The minimum atomic E-state index is -3.02. The molecule has 1 saturated carbocycles. The van der Waals surface area contributed by atoms with E-state index in [0.717, 1.165) is 0 Å². The lowest BCUT2D eigenvalue weighted by atomic mass is 9.76. The van der Waals surface area contributed by atoms with E-state index in [0.29, 0.717) is 29.8 Å². The molecule has 204 valence electrons. The van der Waals surface area contributed by atoms with Crippen LogP contribution in [0.25, 0.3) is 16.9 Å². The Labute approximate surface area is 221 Å². The number of aliphatic hydroxyl groups is 3. The van der Waals surface area contributed by atoms with E-state index in [4.69, 9.17) is 4.74 Å². The fourth-order valence-corrected chi connectivity index (χ4v) is 5.73. The second kappa shape index (κ2) is 9.29. The van der Waals surface area contributed by atoms with Crippen molar-refractivity contribution in [3.8, 4) is 17.0 Å². The van der Waals surface area contributed by atoms with Crippen LogP contribution in [0.1, 0.15) is 73.8 Å². The van der Waals surface area contributed by atoms with Gasteiger partial charge in [-0.05, 0) is 51.2 Å². The quantitative estimate of drug-likeness (QED) is 0.339. The third-order valence-electron chi connectivity index (χ3n) is 7.89. The molecule has 2 aliphatic carbocycles. The van der Waals surface area contributed by atoms with Crippen LogP contribution in [-0.4, -0.2) is 46.9 Å². The highest BCUT2D eigenvalue weighted by molar-refractivity contribution is 5.63. The number of imidazole rings is 1. The van der Waals surface area contributed by atoms with E-state index in [2.05, 4.69) is 15.0 Å². The first-order chi connectivity index (χ1) is 18.5. The molecular weight excluding hydrogens is 513 g/mol. The average molecular weight is 541 g/mol. The second-order valence-corrected chi connectivity index (χ2v) is 10.7. The zero-order valence-corrected chi connectivity index (χ0v) is 21.1. The summed E-state index contributed by atoms with van der Waals surface area (Å²) in [4.78, 5) is 13.2. The molecule has 0 amide bonds. The number of nitrogens with zero attached hydrogens (tertiary/aromatic N) is 4. The largest absolute Gasteiger partial charge is 0.435 e. The normalized spacial score (nSPS) is 26.8. The number of aromatic nitrogens is 4. The number of ether oxygens (including phenoxy) is 1. The molecule has 8 nitrogen and oxygen atoms in total. The summed E-state index contributed by atoms with van der Waals surface area (Å²) >= 11 is 0. The minimum absolute atomic E-state index is 0.00465. The Hall–Kier alpha value is -3.54. The molecule has 4 aromatic rings. The molecule has 0 saturated heterocycles.